The summed E-state index contributed by atoms with van der Waals surface area (Å²) in [4.78, 5) is 13.6. The number of esters is 1. The minimum Gasteiger partial charge on any atom is -0.469 e. The summed E-state index contributed by atoms with van der Waals surface area (Å²) >= 11 is 0. The van der Waals surface area contributed by atoms with Crippen molar-refractivity contribution in [2.75, 3.05) is 20.2 Å². The van der Waals surface area contributed by atoms with Crippen LogP contribution in [0.2, 0.25) is 0 Å². The number of hydrogen-bond donors (Lipinski definition) is 0. The van der Waals surface area contributed by atoms with Crippen LogP contribution in [0, 0.1) is 5.92 Å². The molecule has 3 heteroatoms. The molecule has 0 bridgehead atoms. The van der Waals surface area contributed by atoms with E-state index in [4.69, 9.17) is 0 Å². The molecule has 0 aromatic heterocycles. The standard InChI is InChI=1S/C13H23NO2/c1-10(2)14-6-5-12(9-14)7-11(3)8-13(15)16-4/h10,12H,3,5-9H2,1-2,4H3. The molecule has 1 atom stereocenters. The van der Waals surface area contributed by atoms with Crippen molar-refractivity contribution >= 4 is 5.97 Å². The quantitative estimate of drug-likeness (QED) is 0.531. The molecule has 0 saturated carbocycles. The Morgan fingerprint density at radius 1 is 1.56 bits per heavy atom. The maximum atomic E-state index is 11.1. The Kier molecular flexibility index (Phi) is 5.00. The van der Waals surface area contributed by atoms with Gasteiger partial charge in [-0.15, -0.1) is 0 Å². The van der Waals surface area contributed by atoms with Crippen LogP contribution in [0.5, 0.6) is 0 Å². The van der Waals surface area contributed by atoms with Gasteiger partial charge in [0.2, 0.25) is 0 Å². The highest BCUT2D eigenvalue weighted by molar-refractivity contribution is 5.72. The number of methoxy groups -OCH3 is 1. The van der Waals surface area contributed by atoms with Gasteiger partial charge in [-0.25, -0.2) is 0 Å². The smallest absolute Gasteiger partial charge is 0.309 e. The predicted octanol–water partition coefficient (Wildman–Crippen LogP) is 2.23. The Hall–Kier alpha value is -0.830. The van der Waals surface area contributed by atoms with Crippen LogP contribution in [0.4, 0.5) is 0 Å². The molecule has 92 valence electrons. The molecule has 0 N–H and O–H groups in total. The first-order chi connectivity index (χ1) is 7.52. The molecule has 16 heavy (non-hydrogen) atoms. The molecule has 0 aliphatic carbocycles. The number of hydrogen-bond acceptors (Lipinski definition) is 3. The van der Waals surface area contributed by atoms with Crippen molar-refractivity contribution in [3.8, 4) is 0 Å². The van der Waals surface area contributed by atoms with Crippen LogP contribution in [0.15, 0.2) is 12.2 Å². The van der Waals surface area contributed by atoms with Crippen molar-refractivity contribution in [3.05, 3.63) is 12.2 Å². The Morgan fingerprint density at radius 2 is 2.25 bits per heavy atom. The van der Waals surface area contributed by atoms with Crippen LogP contribution in [0.25, 0.3) is 0 Å². The van der Waals surface area contributed by atoms with Gasteiger partial charge in [0.05, 0.1) is 13.5 Å². The summed E-state index contributed by atoms with van der Waals surface area (Å²) in [5.74, 6) is 0.489. The van der Waals surface area contributed by atoms with Crippen LogP contribution in [0.1, 0.15) is 33.1 Å². The van der Waals surface area contributed by atoms with E-state index < -0.39 is 0 Å². The summed E-state index contributed by atoms with van der Waals surface area (Å²) in [7, 11) is 1.42. The van der Waals surface area contributed by atoms with E-state index in [2.05, 4.69) is 30.1 Å². The second-order valence-electron chi connectivity index (χ2n) is 4.95. The number of likely N-dealkylation sites (tertiary alicyclic amines) is 1. The molecule has 1 saturated heterocycles. The van der Waals surface area contributed by atoms with Crippen molar-refractivity contribution in [2.24, 2.45) is 5.92 Å². The fourth-order valence-electron chi connectivity index (χ4n) is 2.25. The fourth-order valence-corrected chi connectivity index (χ4v) is 2.25. The molecule has 1 fully saturated rings. The number of rotatable bonds is 5. The van der Waals surface area contributed by atoms with Crippen molar-refractivity contribution < 1.29 is 9.53 Å². The van der Waals surface area contributed by atoms with E-state index in [1.54, 1.807) is 0 Å². The van der Waals surface area contributed by atoms with E-state index in [0.29, 0.717) is 18.4 Å². The number of ether oxygens (including phenoxy) is 1. The van der Waals surface area contributed by atoms with Gasteiger partial charge in [0.15, 0.2) is 0 Å². The summed E-state index contributed by atoms with van der Waals surface area (Å²) in [6, 6.07) is 0.624. The van der Waals surface area contributed by atoms with E-state index in [1.807, 2.05) is 0 Å². The lowest BCUT2D eigenvalue weighted by Gasteiger charge is -2.20. The van der Waals surface area contributed by atoms with Gasteiger partial charge in [-0.05, 0) is 39.2 Å². The summed E-state index contributed by atoms with van der Waals surface area (Å²) in [6.45, 7) is 10.7. The topological polar surface area (TPSA) is 29.5 Å². The Bertz CT molecular complexity index is 261. The lowest BCUT2D eigenvalue weighted by molar-refractivity contribution is -0.139. The molecule has 1 aliphatic rings. The van der Waals surface area contributed by atoms with Gasteiger partial charge in [-0.1, -0.05) is 12.2 Å². The molecule has 0 aromatic rings. The van der Waals surface area contributed by atoms with E-state index in [-0.39, 0.29) is 5.97 Å². The summed E-state index contributed by atoms with van der Waals surface area (Å²) in [6.07, 6.45) is 2.55. The lowest BCUT2D eigenvalue weighted by atomic mass is 9.98. The third-order valence-electron chi connectivity index (χ3n) is 3.25. The minimum atomic E-state index is -0.177. The second-order valence-corrected chi connectivity index (χ2v) is 4.95. The average molecular weight is 225 g/mol. The second kappa shape index (κ2) is 6.04. The molecule has 1 aliphatic heterocycles. The van der Waals surface area contributed by atoms with E-state index in [9.17, 15) is 4.79 Å². The molecule has 1 heterocycles. The number of carbonyl (C=O) groups is 1. The molecule has 1 rings (SSSR count). The van der Waals surface area contributed by atoms with Crippen LogP contribution in [-0.2, 0) is 9.53 Å². The molecule has 0 amide bonds. The van der Waals surface area contributed by atoms with E-state index in [1.165, 1.54) is 20.1 Å². The first-order valence-electron chi connectivity index (χ1n) is 6.00. The highest BCUT2D eigenvalue weighted by Crippen LogP contribution is 2.25. The van der Waals surface area contributed by atoms with Gasteiger partial charge in [-0.2, -0.15) is 0 Å². The first kappa shape index (κ1) is 13.2. The van der Waals surface area contributed by atoms with Crippen LogP contribution in [-0.4, -0.2) is 37.1 Å². The van der Waals surface area contributed by atoms with Crippen molar-refractivity contribution in [1.82, 2.24) is 4.90 Å². The third-order valence-corrected chi connectivity index (χ3v) is 3.25. The number of carbonyl (C=O) groups excluding carboxylic acids is 1. The molecule has 0 spiro atoms. The van der Waals surface area contributed by atoms with Crippen LogP contribution >= 0.6 is 0 Å². The van der Waals surface area contributed by atoms with Crippen molar-refractivity contribution in [2.45, 2.75) is 39.2 Å². The van der Waals surface area contributed by atoms with Gasteiger partial charge in [-0.3, -0.25) is 4.79 Å². The molecule has 0 aromatic carbocycles. The van der Waals surface area contributed by atoms with Gasteiger partial charge in [0.25, 0.3) is 0 Å². The summed E-state index contributed by atoms with van der Waals surface area (Å²) in [5, 5.41) is 0. The first-order valence-corrected chi connectivity index (χ1v) is 6.00. The third kappa shape index (κ3) is 3.97. The summed E-state index contributed by atoms with van der Waals surface area (Å²) in [5.41, 5.74) is 1.00. The summed E-state index contributed by atoms with van der Waals surface area (Å²) < 4.78 is 4.63. The maximum absolute atomic E-state index is 11.1. The highest BCUT2D eigenvalue weighted by Gasteiger charge is 2.24. The highest BCUT2D eigenvalue weighted by atomic mass is 16.5. The fraction of sp³-hybridized carbons (Fsp3) is 0.769. The number of nitrogens with zero attached hydrogens (tertiary/aromatic N) is 1. The zero-order valence-electron chi connectivity index (χ0n) is 10.7. The van der Waals surface area contributed by atoms with Crippen molar-refractivity contribution in [1.29, 1.82) is 0 Å². The Balaban J connectivity index is 2.28. The molecular formula is C13H23NO2. The van der Waals surface area contributed by atoms with Crippen molar-refractivity contribution in [3.63, 3.8) is 0 Å². The Morgan fingerprint density at radius 3 is 2.75 bits per heavy atom. The average Bonchev–Trinajstić information content (AvgIpc) is 2.65. The lowest BCUT2D eigenvalue weighted by Crippen LogP contribution is -2.28. The van der Waals surface area contributed by atoms with Crippen LogP contribution < -0.4 is 0 Å². The predicted molar refractivity (Wildman–Crippen MR) is 65.2 cm³/mol. The normalized spacial score (nSPS) is 21.4. The van der Waals surface area contributed by atoms with Gasteiger partial charge < -0.3 is 9.64 Å². The molecule has 3 nitrogen and oxygen atoms in total. The Labute approximate surface area is 98.5 Å². The zero-order valence-corrected chi connectivity index (χ0v) is 10.7. The van der Waals surface area contributed by atoms with Crippen LogP contribution in [0.3, 0.4) is 0 Å². The van der Waals surface area contributed by atoms with Gasteiger partial charge in [0.1, 0.15) is 0 Å². The largest absolute Gasteiger partial charge is 0.469 e. The monoisotopic (exact) mass is 225 g/mol. The molecule has 1 unspecified atom stereocenters. The SMILES string of the molecule is C=C(CC(=O)OC)CC1CCN(C(C)C)C1. The molecule has 0 radical (unpaired) electrons. The maximum Gasteiger partial charge on any atom is 0.309 e. The van der Waals surface area contributed by atoms with E-state index in [0.717, 1.165) is 18.5 Å². The van der Waals surface area contributed by atoms with Gasteiger partial charge in [0, 0.05) is 12.6 Å². The zero-order chi connectivity index (χ0) is 12.1. The molecular weight excluding hydrogens is 202 g/mol. The minimum absolute atomic E-state index is 0.177. The van der Waals surface area contributed by atoms with Gasteiger partial charge >= 0.3 is 5.97 Å². The van der Waals surface area contributed by atoms with E-state index >= 15 is 0 Å².